The summed E-state index contributed by atoms with van der Waals surface area (Å²) in [5.41, 5.74) is 0.198. The Balaban J connectivity index is 1.75. The minimum absolute atomic E-state index is 0.00309. The molecule has 0 unspecified atom stereocenters. The van der Waals surface area contributed by atoms with Crippen molar-refractivity contribution in [3.8, 4) is 0 Å². The SMILES string of the molecule is C[C@H]1C[C@@H]2C[C@H](O)C3=C(CCNC(=O)OC(C)(C)C)C(=O)C[C@]32[C@@H](O)C1. The van der Waals surface area contributed by atoms with Crippen LogP contribution in [0.2, 0.25) is 0 Å². The molecule has 1 amide bonds. The number of ketones is 1. The lowest BCUT2D eigenvalue weighted by molar-refractivity contribution is -0.120. The molecule has 2 saturated carbocycles. The summed E-state index contributed by atoms with van der Waals surface area (Å²) in [6, 6.07) is 0. The number of Topliss-reactive ketones (excluding diaryl/α,β-unsaturated/α-hetero) is 1. The largest absolute Gasteiger partial charge is 0.444 e. The van der Waals surface area contributed by atoms with E-state index in [1.807, 2.05) is 0 Å². The Bertz CT molecular complexity index is 635. The van der Waals surface area contributed by atoms with Crippen molar-refractivity contribution in [3.63, 3.8) is 0 Å². The van der Waals surface area contributed by atoms with E-state index in [0.717, 1.165) is 12.0 Å². The molecule has 3 aliphatic rings. The standard InChI is InChI=1S/C20H31NO5/c1-11-7-12-9-14(22)17-13(5-6-21-18(25)26-19(2,3)4)15(23)10-20(12,17)16(24)8-11/h11-12,14,16,22,24H,5-10H2,1-4H3,(H,21,25)/t11-,12+,14-,16-,20-/m0/s1. The fraction of sp³-hybridized carbons (Fsp3) is 0.800. The van der Waals surface area contributed by atoms with Crippen LogP contribution >= 0.6 is 0 Å². The fourth-order valence-corrected chi connectivity index (χ4v) is 5.30. The van der Waals surface area contributed by atoms with Crippen molar-refractivity contribution in [1.29, 1.82) is 0 Å². The zero-order chi connectivity index (χ0) is 19.3. The highest BCUT2D eigenvalue weighted by molar-refractivity contribution is 6.00. The number of aliphatic hydroxyl groups is 2. The van der Waals surface area contributed by atoms with Gasteiger partial charge in [-0.1, -0.05) is 6.92 Å². The Labute approximate surface area is 155 Å². The van der Waals surface area contributed by atoms with Gasteiger partial charge in [0.2, 0.25) is 0 Å². The van der Waals surface area contributed by atoms with Crippen LogP contribution in [0.3, 0.4) is 0 Å². The summed E-state index contributed by atoms with van der Waals surface area (Å²) in [5.74, 6) is 0.565. The molecule has 6 heteroatoms. The second-order valence-electron chi connectivity index (χ2n) is 9.25. The summed E-state index contributed by atoms with van der Waals surface area (Å²) in [7, 11) is 0. The maximum atomic E-state index is 12.7. The number of carbonyl (C=O) groups excluding carboxylic acids is 2. The van der Waals surface area contributed by atoms with Gasteiger partial charge in [0, 0.05) is 18.4 Å². The van der Waals surface area contributed by atoms with E-state index in [2.05, 4.69) is 12.2 Å². The Morgan fingerprint density at radius 2 is 1.96 bits per heavy atom. The van der Waals surface area contributed by atoms with E-state index in [0.29, 0.717) is 37.2 Å². The topological polar surface area (TPSA) is 95.9 Å². The smallest absolute Gasteiger partial charge is 0.407 e. The van der Waals surface area contributed by atoms with Gasteiger partial charge in [-0.05, 0) is 69.4 Å². The molecule has 0 aliphatic heterocycles. The number of hydrogen-bond donors (Lipinski definition) is 3. The van der Waals surface area contributed by atoms with E-state index in [9.17, 15) is 19.8 Å². The second kappa shape index (κ2) is 6.64. The molecule has 0 aromatic carbocycles. The van der Waals surface area contributed by atoms with Gasteiger partial charge in [0.15, 0.2) is 5.78 Å². The molecule has 0 saturated heterocycles. The van der Waals surface area contributed by atoms with Crippen molar-refractivity contribution in [2.75, 3.05) is 6.54 Å². The molecule has 26 heavy (non-hydrogen) atoms. The Morgan fingerprint density at radius 1 is 1.27 bits per heavy atom. The fourth-order valence-electron chi connectivity index (χ4n) is 5.30. The van der Waals surface area contributed by atoms with Gasteiger partial charge in [0.05, 0.1) is 12.2 Å². The van der Waals surface area contributed by atoms with Crippen molar-refractivity contribution in [2.45, 2.75) is 77.6 Å². The number of ether oxygens (including phenoxy) is 1. The lowest BCUT2D eigenvalue weighted by Gasteiger charge is -2.44. The molecule has 0 aromatic rings. The van der Waals surface area contributed by atoms with Crippen LogP contribution in [0.4, 0.5) is 4.79 Å². The number of hydrogen-bond acceptors (Lipinski definition) is 5. The summed E-state index contributed by atoms with van der Waals surface area (Å²) in [6.07, 6.45) is 1.12. The first-order chi connectivity index (χ1) is 12.0. The molecular weight excluding hydrogens is 334 g/mol. The van der Waals surface area contributed by atoms with Crippen molar-refractivity contribution < 1.29 is 24.5 Å². The third kappa shape index (κ3) is 3.29. The van der Waals surface area contributed by atoms with Crippen LogP contribution in [0.25, 0.3) is 0 Å². The first-order valence-corrected chi connectivity index (χ1v) is 9.64. The average Bonchev–Trinajstić information content (AvgIpc) is 2.91. The van der Waals surface area contributed by atoms with Gasteiger partial charge < -0.3 is 20.3 Å². The van der Waals surface area contributed by atoms with Crippen molar-refractivity contribution in [1.82, 2.24) is 5.32 Å². The Kier molecular flexibility index (Phi) is 4.95. The highest BCUT2D eigenvalue weighted by Crippen LogP contribution is 2.62. The van der Waals surface area contributed by atoms with Crippen LogP contribution in [0.1, 0.15) is 59.8 Å². The molecule has 6 nitrogen and oxygen atoms in total. The van der Waals surface area contributed by atoms with E-state index in [-0.39, 0.29) is 18.2 Å². The average molecular weight is 365 g/mol. The predicted octanol–water partition coefficient (Wildman–Crippen LogP) is 2.33. The van der Waals surface area contributed by atoms with E-state index in [1.54, 1.807) is 20.8 Å². The summed E-state index contributed by atoms with van der Waals surface area (Å²) in [6.45, 7) is 7.78. The monoisotopic (exact) mass is 365 g/mol. The number of aliphatic hydroxyl groups excluding tert-OH is 2. The maximum absolute atomic E-state index is 12.7. The molecule has 3 N–H and O–H groups in total. The summed E-state index contributed by atoms with van der Waals surface area (Å²) in [4.78, 5) is 24.5. The van der Waals surface area contributed by atoms with Gasteiger partial charge in [0.25, 0.3) is 0 Å². The number of amides is 1. The lowest BCUT2D eigenvalue weighted by Crippen LogP contribution is -2.44. The zero-order valence-electron chi connectivity index (χ0n) is 16.2. The van der Waals surface area contributed by atoms with Crippen LogP contribution < -0.4 is 5.32 Å². The summed E-state index contributed by atoms with van der Waals surface area (Å²) >= 11 is 0. The molecule has 3 rings (SSSR count). The second-order valence-corrected chi connectivity index (χ2v) is 9.25. The van der Waals surface area contributed by atoms with Crippen LogP contribution in [0.15, 0.2) is 11.1 Å². The molecule has 0 radical (unpaired) electrons. The molecule has 146 valence electrons. The minimum Gasteiger partial charge on any atom is -0.444 e. The maximum Gasteiger partial charge on any atom is 0.407 e. The van der Waals surface area contributed by atoms with Gasteiger partial charge >= 0.3 is 6.09 Å². The predicted molar refractivity (Wildman–Crippen MR) is 96.5 cm³/mol. The third-order valence-electron chi connectivity index (χ3n) is 6.14. The number of carbonyl (C=O) groups is 2. The normalized spacial score (nSPS) is 36.8. The number of alkyl carbamates (subject to hydrolysis) is 1. The molecule has 2 fully saturated rings. The quantitative estimate of drug-likeness (QED) is 0.713. The first kappa shape index (κ1) is 19.4. The molecular formula is C20H31NO5. The van der Waals surface area contributed by atoms with E-state index in [4.69, 9.17) is 4.74 Å². The van der Waals surface area contributed by atoms with Gasteiger partial charge in [-0.15, -0.1) is 0 Å². The lowest BCUT2D eigenvalue weighted by atomic mass is 9.62. The van der Waals surface area contributed by atoms with Gasteiger partial charge in [-0.2, -0.15) is 0 Å². The highest BCUT2D eigenvalue weighted by Gasteiger charge is 2.62. The molecule has 0 bridgehead atoms. The van der Waals surface area contributed by atoms with Gasteiger partial charge in [-0.3, -0.25) is 4.79 Å². The third-order valence-corrected chi connectivity index (χ3v) is 6.14. The van der Waals surface area contributed by atoms with Crippen molar-refractivity contribution >= 4 is 11.9 Å². The minimum atomic E-state index is -0.664. The van der Waals surface area contributed by atoms with Crippen LogP contribution in [-0.2, 0) is 9.53 Å². The Morgan fingerprint density at radius 3 is 2.62 bits per heavy atom. The van der Waals surface area contributed by atoms with E-state index < -0.39 is 29.3 Å². The van der Waals surface area contributed by atoms with Crippen LogP contribution in [0, 0.1) is 17.3 Å². The summed E-state index contributed by atoms with van der Waals surface area (Å²) < 4.78 is 5.21. The van der Waals surface area contributed by atoms with Crippen LogP contribution in [-0.4, -0.2) is 46.4 Å². The molecule has 0 heterocycles. The van der Waals surface area contributed by atoms with E-state index >= 15 is 0 Å². The molecule has 0 aromatic heterocycles. The van der Waals surface area contributed by atoms with Crippen LogP contribution in [0.5, 0.6) is 0 Å². The van der Waals surface area contributed by atoms with Gasteiger partial charge in [-0.25, -0.2) is 4.79 Å². The Hall–Kier alpha value is -1.40. The molecule has 3 aliphatic carbocycles. The van der Waals surface area contributed by atoms with E-state index in [1.165, 1.54) is 0 Å². The van der Waals surface area contributed by atoms with Crippen molar-refractivity contribution in [3.05, 3.63) is 11.1 Å². The van der Waals surface area contributed by atoms with Crippen molar-refractivity contribution in [2.24, 2.45) is 17.3 Å². The molecule has 1 spiro atoms. The zero-order valence-corrected chi connectivity index (χ0v) is 16.2. The molecule has 5 atom stereocenters. The van der Waals surface area contributed by atoms with Gasteiger partial charge in [0.1, 0.15) is 5.60 Å². The highest BCUT2D eigenvalue weighted by atomic mass is 16.6. The summed E-state index contributed by atoms with van der Waals surface area (Å²) in [5, 5.41) is 24.1. The number of rotatable bonds is 3. The number of nitrogens with one attached hydrogen (secondary N) is 1. The first-order valence-electron chi connectivity index (χ1n) is 9.64.